The van der Waals surface area contributed by atoms with Crippen LogP contribution < -0.4 is 0 Å². The average molecular weight is 138 g/mol. The predicted molar refractivity (Wildman–Crippen MR) is 41.8 cm³/mol. The summed E-state index contributed by atoms with van der Waals surface area (Å²) in [6.07, 6.45) is 3.67. The van der Waals surface area contributed by atoms with E-state index in [4.69, 9.17) is 0 Å². The number of hydrogen-bond donors (Lipinski definition) is 1. The van der Waals surface area contributed by atoms with Crippen molar-refractivity contribution in [2.45, 2.75) is 26.7 Å². The second-order valence-electron chi connectivity index (χ2n) is 3.01. The van der Waals surface area contributed by atoms with E-state index >= 15 is 0 Å². The minimum Gasteiger partial charge on any atom is -0.348 e. The van der Waals surface area contributed by atoms with E-state index in [2.05, 4.69) is 30.7 Å². The van der Waals surface area contributed by atoms with Crippen LogP contribution in [0.5, 0.6) is 0 Å². The van der Waals surface area contributed by atoms with Crippen LogP contribution >= 0.6 is 0 Å². The summed E-state index contributed by atoms with van der Waals surface area (Å²) in [5, 5.41) is 0. The molecule has 1 aromatic heterocycles. The zero-order valence-electron chi connectivity index (χ0n) is 6.76. The van der Waals surface area contributed by atoms with Crippen molar-refractivity contribution in [1.29, 1.82) is 0 Å². The van der Waals surface area contributed by atoms with Gasteiger partial charge in [-0.1, -0.05) is 20.8 Å². The molecule has 0 unspecified atom stereocenters. The van der Waals surface area contributed by atoms with Crippen LogP contribution in [0.1, 0.15) is 32.5 Å². The minimum atomic E-state index is 0.537. The molecule has 10 heavy (non-hydrogen) atoms. The summed E-state index contributed by atoms with van der Waals surface area (Å²) < 4.78 is 0. The number of nitrogens with one attached hydrogen (secondary N) is 1. The van der Waals surface area contributed by atoms with Crippen molar-refractivity contribution in [3.05, 3.63) is 18.2 Å². The Kier molecular flexibility index (Phi) is 2.10. The molecule has 0 radical (unpaired) electrons. The summed E-state index contributed by atoms with van der Waals surface area (Å²) in [6, 6.07) is 0. The van der Waals surface area contributed by atoms with Crippen LogP contribution in [0, 0.1) is 5.92 Å². The number of imidazole rings is 1. The lowest BCUT2D eigenvalue weighted by molar-refractivity contribution is 0.514. The molecule has 56 valence electrons. The smallest absolute Gasteiger partial charge is 0.109 e. The number of nitrogens with zero attached hydrogens (tertiary/aromatic N) is 1. The monoisotopic (exact) mass is 138 g/mol. The van der Waals surface area contributed by atoms with Gasteiger partial charge < -0.3 is 4.98 Å². The minimum absolute atomic E-state index is 0.537. The largest absolute Gasteiger partial charge is 0.348 e. The van der Waals surface area contributed by atoms with Crippen molar-refractivity contribution < 1.29 is 0 Å². The Hall–Kier alpha value is -0.790. The van der Waals surface area contributed by atoms with Crippen molar-refractivity contribution in [2.24, 2.45) is 5.92 Å². The van der Waals surface area contributed by atoms with Crippen LogP contribution in [0.2, 0.25) is 0 Å². The van der Waals surface area contributed by atoms with E-state index < -0.39 is 0 Å². The lowest BCUT2D eigenvalue weighted by Crippen LogP contribution is -2.03. The molecule has 2 heteroatoms. The van der Waals surface area contributed by atoms with Crippen LogP contribution in [0.3, 0.4) is 0 Å². The Morgan fingerprint density at radius 1 is 1.40 bits per heavy atom. The van der Waals surface area contributed by atoms with Gasteiger partial charge in [-0.3, -0.25) is 0 Å². The zero-order valence-corrected chi connectivity index (χ0v) is 6.76. The van der Waals surface area contributed by atoms with Gasteiger partial charge in [-0.05, 0) is 5.92 Å². The number of aromatic nitrogens is 2. The molecule has 0 aliphatic carbocycles. The fourth-order valence-electron chi connectivity index (χ4n) is 0.842. The molecule has 0 saturated carbocycles. The van der Waals surface area contributed by atoms with E-state index in [-0.39, 0.29) is 0 Å². The Balaban J connectivity index is 2.68. The number of H-pyrrole nitrogens is 1. The van der Waals surface area contributed by atoms with Gasteiger partial charge in [0.1, 0.15) is 5.82 Å². The molecule has 0 fully saturated rings. The van der Waals surface area contributed by atoms with Crippen molar-refractivity contribution in [3.63, 3.8) is 0 Å². The third-order valence-corrected chi connectivity index (χ3v) is 1.95. The number of rotatable bonds is 2. The summed E-state index contributed by atoms with van der Waals surface area (Å²) in [5.74, 6) is 2.29. The standard InChI is InChI=1S/C8H14N2/c1-6(2)7(3)8-9-4-5-10-8/h4-7H,1-3H3,(H,9,10)/t7-/m0/s1. The average Bonchev–Trinajstić information content (AvgIpc) is 2.36. The molecule has 0 aromatic carbocycles. The molecule has 0 aliphatic rings. The maximum atomic E-state index is 4.18. The maximum absolute atomic E-state index is 4.18. The Morgan fingerprint density at radius 3 is 2.50 bits per heavy atom. The van der Waals surface area contributed by atoms with Crippen LogP contribution in [0.4, 0.5) is 0 Å². The third-order valence-electron chi connectivity index (χ3n) is 1.95. The Morgan fingerprint density at radius 2 is 2.10 bits per heavy atom. The molecular weight excluding hydrogens is 124 g/mol. The first-order valence-corrected chi connectivity index (χ1v) is 3.71. The molecule has 0 bridgehead atoms. The van der Waals surface area contributed by atoms with Crippen LogP contribution in [-0.2, 0) is 0 Å². The van der Waals surface area contributed by atoms with Gasteiger partial charge in [-0.2, -0.15) is 0 Å². The molecular formula is C8H14N2. The molecule has 1 heterocycles. The lowest BCUT2D eigenvalue weighted by Gasteiger charge is -2.11. The summed E-state index contributed by atoms with van der Waals surface area (Å²) in [5.41, 5.74) is 0. The van der Waals surface area contributed by atoms with Gasteiger partial charge in [0, 0.05) is 18.3 Å². The summed E-state index contributed by atoms with van der Waals surface area (Å²) in [6.45, 7) is 6.59. The summed E-state index contributed by atoms with van der Waals surface area (Å²) in [4.78, 5) is 7.29. The first-order chi connectivity index (χ1) is 4.72. The van der Waals surface area contributed by atoms with Gasteiger partial charge in [0.2, 0.25) is 0 Å². The van der Waals surface area contributed by atoms with Crippen molar-refractivity contribution in [1.82, 2.24) is 9.97 Å². The van der Waals surface area contributed by atoms with Crippen molar-refractivity contribution >= 4 is 0 Å². The third kappa shape index (κ3) is 1.38. The van der Waals surface area contributed by atoms with Gasteiger partial charge in [-0.15, -0.1) is 0 Å². The molecule has 1 atom stereocenters. The molecule has 0 spiro atoms. The predicted octanol–water partition coefficient (Wildman–Crippen LogP) is 2.17. The van der Waals surface area contributed by atoms with Gasteiger partial charge >= 0.3 is 0 Å². The lowest BCUT2D eigenvalue weighted by atomic mass is 9.98. The highest BCUT2D eigenvalue weighted by Crippen LogP contribution is 2.18. The SMILES string of the molecule is CC(C)[C@H](C)c1ncc[nH]1. The fourth-order valence-corrected chi connectivity index (χ4v) is 0.842. The van der Waals surface area contributed by atoms with Crippen molar-refractivity contribution in [2.75, 3.05) is 0 Å². The normalized spacial score (nSPS) is 14.0. The highest BCUT2D eigenvalue weighted by molar-refractivity contribution is 4.95. The fraction of sp³-hybridized carbons (Fsp3) is 0.625. The van der Waals surface area contributed by atoms with Gasteiger partial charge in [0.15, 0.2) is 0 Å². The number of aromatic amines is 1. The first kappa shape index (κ1) is 7.32. The second kappa shape index (κ2) is 2.86. The Labute approximate surface area is 61.7 Å². The zero-order chi connectivity index (χ0) is 7.56. The van der Waals surface area contributed by atoms with Crippen molar-refractivity contribution in [3.8, 4) is 0 Å². The van der Waals surface area contributed by atoms with E-state index in [1.807, 2.05) is 6.20 Å². The van der Waals surface area contributed by atoms with Gasteiger partial charge in [0.25, 0.3) is 0 Å². The quantitative estimate of drug-likeness (QED) is 0.666. The van der Waals surface area contributed by atoms with E-state index in [0.717, 1.165) is 5.82 Å². The molecule has 2 nitrogen and oxygen atoms in total. The Bertz CT molecular complexity index is 177. The first-order valence-electron chi connectivity index (χ1n) is 3.71. The summed E-state index contributed by atoms with van der Waals surface area (Å²) in [7, 11) is 0. The van der Waals surface area contributed by atoms with Gasteiger partial charge in [0.05, 0.1) is 0 Å². The van der Waals surface area contributed by atoms with E-state index in [0.29, 0.717) is 11.8 Å². The molecule has 0 saturated heterocycles. The van der Waals surface area contributed by atoms with E-state index in [9.17, 15) is 0 Å². The maximum Gasteiger partial charge on any atom is 0.109 e. The highest BCUT2D eigenvalue weighted by Gasteiger charge is 2.10. The van der Waals surface area contributed by atoms with E-state index in [1.54, 1.807) is 6.20 Å². The summed E-state index contributed by atoms with van der Waals surface area (Å²) >= 11 is 0. The topological polar surface area (TPSA) is 28.7 Å². The number of hydrogen-bond acceptors (Lipinski definition) is 1. The van der Waals surface area contributed by atoms with E-state index in [1.165, 1.54) is 0 Å². The molecule has 1 N–H and O–H groups in total. The molecule has 0 amide bonds. The second-order valence-corrected chi connectivity index (χ2v) is 3.01. The molecule has 1 aromatic rings. The van der Waals surface area contributed by atoms with Crippen LogP contribution in [0.25, 0.3) is 0 Å². The highest BCUT2D eigenvalue weighted by atomic mass is 14.9. The molecule has 0 aliphatic heterocycles. The van der Waals surface area contributed by atoms with Crippen LogP contribution in [-0.4, -0.2) is 9.97 Å². The van der Waals surface area contributed by atoms with Crippen LogP contribution in [0.15, 0.2) is 12.4 Å². The van der Waals surface area contributed by atoms with Gasteiger partial charge in [-0.25, -0.2) is 4.98 Å². The molecule has 1 rings (SSSR count).